The van der Waals surface area contributed by atoms with Crippen LogP contribution in [0.15, 0.2) is 45.9 Å². The number of aryl methyl sites for hydroxylation is 2. The van der Waals surface area contributed by atoms with Crippen LogP contribution < -0.4 is 10.0 Å². The summed E-state index contributed by atoms with van der Waals surface area (Å²) in [6.45, 7) is 7.17. The van der Waals surface area contributed by atoms with Crippen LogP contribution in [0.3, 0.4) is 0 Å². The van der Waals surface area contributed by atoms with E-state index >= 15 is 0 Å². The van der Waals surface area contributed by atoms with E-state index in [0.717, 1.165) is 11.1 Å². The molecule has 2 rings (SSSR count). The normalized spacial score (nSPS) is 11.9. The lowest BCUT2D eigenvalue weighted by Crippen LogP contribution is -2.40. The van der Waals surface area contributed by atoms with Crippen molar-refractivity contribution < 1.29 is 27.2 Å². The van der Waals surface area contributed by atoms with Gasteiger partial charge in [-0.25, -0.2) is 17.9 Å². The van der Waals surface area contributed by atoms with Crippen molar-refractivity contribution in [2.24, 2.45) is 0 Å². The van der Waals surface area contributed by atoms with Gasteiger partial charge in [-0.3, -0.25) is 4.79 Å². The van der Waals surface area contributed by atoms with Gasteiger partial charge in [-0.2, -0.15) is 0 Å². The number of benzene rings is 1. The van der Waals surface area contributed by atoms with Crippen molar-refractivity contribution in [1.29, 1.82) is 0 Å². The molecule has 0 unspecified atom stereocenters. The molecule has 164 valence electrons. The number of ether oxygens (including phenoxy) is 1. The summed E-state index contributed by atoms with van der Waals surface area (Å²) < 4.78 is 37.0. The Morgan fingerprint density at radius 1 is 1.07 bits per heavy atom. The predicted octanol–water partition coefficient (Wildman–Crippen LogP) is 2.57. The van der Waals surface area contributed by atoms with E-state index in [4.69, 9.17) is 9.15 Å². The number of carbonyl (C=O) groups is 2. The topological polar surface area (TPSA) is 115 Å². The number of furan rings is 1. The van der Waals surface area contributed by atoms with Gasteiger partial charge in [-0.1, -0.05) is 29.8 Å². The van der Waals surface area contributed by atoms with Crippen LogP contribution in [0, 0.1) is 6.92 Å². The largest absolute Gasteiger partial charge is 0.458 e. The van der Waals surface area contributed by atoms with Crippen LogP contribution in [0.4, 0.5) is 0 Å². The number of sulfonamides is 1. The number of amides is 1. The van der Waals surface area contributed by atoms with Gasteiger partial charge in [0.2, 0.25) is 16.8 Å². The first-order chi connectivity index (χ1) is 14.0. The third-order valence-corrected chi connectivity index (χ3v) is 5.54. The van der Waals surface area contributed by atoms with Gasteiger partial charge >= 0.3 is 5.97 Å². The van der Waals surface area contributed by atoms with Crippen molar-refractivity contribution in [3.8, 4) is 0 Å². The molecule has 8 nitrogen and oxygen atoms in total. The molecule has 9 heteroatoms. The molecular weight excluding hydrogens is 408 g/mol. The molecule has 1 heterocycles. The summed E-state index contributed by atoms with van der Waals surface area (Å²) in [6, 6.07) is 10.4. The van der Waals surface area contributed by atoms with E-state index in [9.17, 15) is 18.0 Å². The van der Waals surface area contributed by atoms with E-state index in [-0.39, 0.29) is 29.9 Å². The molecule has 1 aromatic carbocycles. The minimum atomic E-state index is -3.88. The Bertz CT molecular complexity index is 972. The second-order valence-electron chi connectivity index (χ2n) is 7.95. The molecule has 0 atom stereocenters. The number of carbonyl (C=O) groups excluding carboxylic acids is 2. The molecule has 0 aliphatic rings. The van der Waals surface area contributed by atoms with Crippen molar-refractivity contribution in [2.75, 3.05) is 13.2 Å². The zero-order valence-corrected chi connectivity index (χ0v) is 18.5. The summed E-state index contributed by atoms with van der Waals surface area (Å²) in [5.74, 6) is -1.18. The number of nitrogens with one attached hydrogen (secondary N) is 2. The third-order valence-electron chi connectivity index (χ3n) is 3.91. The number of rotatable bonds is 9. The molecule has 0 saturated carbocycles. The highest BCUT2D eigenvalue weighted by molar-refractivity contribution is 7.89. The molecule has 0 aliphatic carbocycles. The molecule has 0 spiro atoms. The standard InChI is InChI=1S/C21H28N2O6S/c1-15-5-7-16(8-6-15)9-11-18(24)22-13-14-28-20(25)17-10-12-19(29-17)30(26,27)23-21(2,3)4/h5-8,10,12,23H,9,11,13-14H2,1-4H3,(H,22,24). The zero-order valence-electron chi connectivity index (χ0n) is 17.7. The van der Waals surface area contributed by atoms with Crippen LogP contribution >= 0.6 is 0 Å². The first-order valence-electron chi connectivity index (χ1n) is 9.59. The maximum atomic E-state index is 12.2. The summed E-state index contributed by atoms with van der Waals surface area (Å²) in [5, 5.41) is 2.31. The lowest BCUT2D eigenvalue weighted by atomic mass is 10.1. The average molecular weight is 437 g/mol. The fourth-order valence-electron chi connectivity index (χ4n) is 2.53. The molecule has 0 radical (unpaired) electrons. The average Bonchev–Trinajstić information content (AvgIpc) is 3.14. The molecule has 0 saturated heterocycles. The van der Waals surface area contributed by atoms with Crippen molar-refractivity contribution in [3.05, 3.63) is 53.3 Å². The summed E-state index contributed by atoms with van der Waals surface area (Å²) in [6.07, 6.45) is 0.954. The van der Waals surface area contributed by atoms with Crippen molar-refractivity contribution in [1.82, 2.24) is 10.0 Å². The Morgan fingerprint density at radius 2 is 1.73 bits per heavy atom. The number of hydrogen-bond donors (Lipinski definition) is 2. The predicted molar refractivity (Wildman–Crippen MR) is 112 cm³/mol. The molecule has 0 bridgehead atoms. The highest BCUT2D eigenvalue weighted by Gasteiger charge is 2.26. The first kappa shape index (κ1) is 23.6. The van der Waals surface area contributed by atoms with Gasteiger partial charge < -0.3 is 14.5 Å². The van der Waals surface area contributed by atoms with Crippen LogP contribution in [0.5, 0.6) is 0 Å². The maximum Gasteiger partial charge on any atom is 0.374 e. The fourth-order valence-corrected chi connectivity index (χ4v) is 3.89. The van der Waals surface area contributed by atoms with E-state index in [1.54, 1.807) is 20.8 Å². The van der Waals surface area contributed by atoms with E-state index in [2.05, 4.69) is 10.0 Å². The summed E-state index contributed by atoms with van der Waals surface area (Å²) >= 11 is 0. The zero-order chi connectivity index (χ0) is 22.4. The molecule has 2 N–H and O–H groups in total. The van der Waals surface area contributed by atoms with Gasteiger partial charge in [0, 0.05) is 12.0 Å². The van der Waals surface area contributed by atoms with Gasteiger partial charge in [0.05, 0.1) is 6.54 Å². The SMILES string of the molecule is Cc1ccc(CCC(=O)NCCOC(=O)c2ccc(S(=O)(=O)NC(C)(C)C)o2)cc1. The van der Waals surface area contributed by atoms with Crippen molar-refractivity contribution >= 4 is 21.9 Å². The number of esters is 1. The van der Waals surface area contributed by atoms with E-state index in [1.165, 1.54) is 12.1 Å². The molecule has 0 fully saturated rings. The Balaban J connectivity index is 1.74. The smallest absolute Gasteiger partial charge is 0.374 e. The lowest BCUT2D eigenvalue weighted by molar-refractivity contribution is -0.121. The van der Waals surface area contributed by atoms with Crippen LogP contribution in [0.25, 0.3) is 0 Å². The molecule has 30 heavy (non-hydrogen) atoms. The second-order valence-corrected chi connectivity index (χ2v) is 9.56. The Kier molecular flexibility index (Phi) is 7.80. The lowest BCUT2D eigenvalue weighted by Gasteiger charge is -2.18. The van der Waals surface area contributed by atoms with Crippen LogP contribution in [-0.4, -0.2) is 39.0 Å². The summed E-state index contributed by atoms with van der Waals surface area (Å²) in [7, 11) is -3.88. The van der Waals surface area contributed by atoms with Gasteiger partial charge in [0.15, 0.2) is 0 Å². The van der Waals surface area contributed by atoms with Gasteiger partial charge in [-0.05, 0) is 51.8 Å². The monoisotopic (exact) mass is 436 g/mol. The molecule has 2 aromatic rings. The van der Waals surface area contributed by atoms with Crippen molar-refractivity contribution in [3.63, 3.8) is 0 Å². The summed E-state index contributed by atoms with van der Waals surface area (Å²) in [4.78, 5) is 23.9. The third kappa shape index (κ3) is 7.64. The van der Waals surface area contributed by atoms with Gasteiger partial charge in [0.1, 0.15) is 6.61 Å². The highest BCUT2D eigenvalue weighted by Crippen LogP contribution is 2.17. The van der Waals surface area contributed by atoms with Gasteiger partial charge in [0.25, 0.3) is 10.0 Å². The van der Waals surface area contributed by atoms with E-state index in [1.807, 2.05) is 31.2 Å². The minimum Gasteiger partial charge on any atom is -0.458 e. The highest BCUT2D eigenvalue weighted by atomic mass is 32.2. The van der Waals surface area contributed by atoms with Crippen LogP contribution in [0.2, 0.25) is 0 Å². The second kappa shape index (κ2) is 9.90. The summed E-state index contributed by atoms with van der Waals surface area (Å²) in [5.41, 5.74) is 1.55. The molecule has 1 amide bonds. The molecule has 0 aliphatic heterocycles. The van der Waals surface area contributed by atoms with Crippen molar-refractivity contribution in [2.45, 2.75) is 51.2 Å². The Hall–Kier alpha value is -2.65. The molecule has 1 aromatic heterocycles. The number of hydrogen-bond acceptors (Lipinski definition) is 6. The quantitative estimate of drug-likeness (QED) is 0.461. The Morgan fingerprint density at radius 3 is 2.37 bits per heavy atom. The minimum absolute atomic E-state index is 0.0574. The fraction of sp³-hybridized carbons (Fsp3) is 0.429. The first-order valence-corrected chi connectivity index (χ1v) is 11.1. The molecular formula is C21H28N2O6S. The Labute approximate surface area is 177 Å². The maximum absolute atomic E-state index is 12.2. The van der Waals surface area contributed by atoms with Crippen LogP contribution in [-0.2, 0) is 26.0 Å². The van der Waals surface area contributed by atoms with E-state index in [0.29, 0.717) is 12.8 Å². The van der Waals surface area contributed by atoms with E-state index < -0.39 is 21.5 Å². The van der Waals surface area contributed by atoms with Crippen LogP contribution in [0.1, 0.15) is 48.9 Å². The van der Waals surface area contributed by atoms with Gasteiger partial charge in [-0.15, -0.1) is 0 Å².